The van der Waals surface area contributed by atoms with Gasteiger partial charge in [0.25, 0.3) is 0 Å². The molecular weight excluding hydrogens is 244 g/mol. The van der Waals surface area contributed by atoms with Crippen molar-refractivity contribution in [3.8, 4) is 11.5 Å². The Hall–Kier alpha value is -1.55. The second-order valence-corrected chi connectivity index (χ2v) is 4.22. The van der Waals surface area contributed by atoms with Gasteiger partial charge in [-0.05, 0) is 24.1 Å². The van der Waals surface area contributed by atoms with E-state index < -0.39 is 6.10 Å². The first kappa shape index (κ1) is 15.5. The van der Waals surface area contributed by atoms with Gasteiger partial charge < -0.3 is 14.2 Å². The van der Waals surface area contributed by atoms with Crippen LogP contribution in [0.3, 0.4) is 0 Å². The number of carbonyl (C=O) groups is 1. The molecule has 0 radical (unpaired) electrons. The van der Waals surface area contributed by atoms with Gasteiger partial charge in [-0.25, -0.2) is 0 Å². The standard InChI is InChI=1S/C15H22O4/c1-5-7-19-15(14(16)6-2)11-8-12(17-3)10-13(9-11)18-4/h8-10,15H,5-7H2,1-4H3. The van der Waals surface area contributed by atoms with Gasteiger partial charge in [-0.1, -0.05) is 13.8 Å². The first-order valence-electron chi connectivity index (χ1n) is 6.53. The molecule has 19 heavy (non-hydrogen) atoms. The average molecular weight is 266 g/mol. The van der Waals surface area contributed by atoms with Crippen LogP contribution in [0.25, 0.3) is 0 Å². The van der Waals surface area contributed by atoms with E-state index in [1.807, 2.05) is 26.0 Å². The largest absolute Gasteiger partial charge is 0.497 e. The number of carbonyl (C=O) groups excluding carboxylic acids is 1. The maximum atomic E-state index is 12.0. The lowest BCUT2D eigenvalue weighted by Gasteiger charge is -2.18. The Kier molecular flexibility index (Phi) is 6.36. The summed E-state index contributed by atoms with van der Waals surface area (Å²) in [5.74, 6) is 1.37. The third-order valence-electron chi connectivity index (χ3n) is 2.81. The smallest absolute Gasteiger partial charge is 0.165 e. The zero-order valence-corrected chi connectivity index (χ0v) is 12.1. The molecule has 0 saturated heterocycles. The SMILES string of the molecule is CCCOC(C(=O)CC)c1cc(OC)cc(OC)c1. The Bertz CT molecular complexity index is 392. The quantitative estimate of drug-likeness (QED) is 0.725. The predicted molar refractivity (Wildman–Crippen MR) is 73.8 cm³/mol. The number of ketones is 1. The Morgan fingerprint density at radius 1 is 1.11 bits per heavy atom. The highest BCUT2D eigenvalue weighted by Gasteiger charge is 2.21. The molecule has 0 aliphatic carbocycles. The zero-order valence-electron chi connectivity index (χ0n) is 12.1. The van der Waals surface area contributed by atoms with Crippen LogP contribution in [0.4, 0.5) is 0 Å². The van der Waals surface area contributed by atoms with Gasteiger partial charge in [-0.2, -0.15) is 0 Å². The van der Waals surface area contributed by atoms with Crippen LogP contribution in [-0.2, 0) is 9.53 Å². The van der Waals surface area contributed by atoms with Crippen molar-refractivity contribution in [1.29, 1.82) is 0 Å². The summed E-state index contributed by atoms with van der Waals surface area (Å²) in [5, 5.41) is 0. The van der Waals surface area contributed by atoms with Crippen LogP contribution in [0, 0.1) is 0 Å². The van der Waals surface area contributed by atoms with Crippen LogP contribution in [0.1, 0.15) is 38.4 Å². The molecule has 0 bridgehead atoms. The van der Waals surface area contributed by atoms with Gasteiger partial charge in [0.05, 0.1) is 14.2 Å². The highest BCUT2D eigenvalue weighted by molar-refractivity contribution is 5.84. The maximum absolute atomic E-state index is 12.0. The Morgan fingerprint density at radius 3 is 2.11 bits per heavy atom. The molecular formula is C15H22O4. The lowest BCUT2D eigenvalue weighted by Crippen LogP contribution is -2.16. The van der Waals surface area contributed by atoms with Gasteiger partial charge >= 0.3 is 0 Å². The number of hydrogen-bond acceptors (Lipinski definition) is 4. The van der Waals surface area contributed by atoms with Crippen LogP contribution in [0.2, 0.25) is 0 Å². The molecule has 0 heterocycles. The maximum Gasteiger partial charge on any atom is 0.165 e. The van der Waals surface area contributed by atoms with Gasteiger partial charge in [0.2, 0.25) is 0 Å². The molecule has 1 atom stereocenters. The zero-order chi connectivity index (χ0) is 14.3. The first-order chi connectivity index (χ1) is 9.15. The second-order valence-electron chi connectivity index (χ2n) is 4.22. The fourth-order valence-corrected chi connectivity index (χ4v) is 1.78. The molecule has 1 aromatic carbocycles. The molecule has 0 aromatic heterocycles. The molecule has 0 spiro atoms. The first-order valence-corrected chi connectivity index (χ1v) is 6.53. The summed E-state index contributed by atoms with van der Waals surface area (Å²) >= 11 is 0. The monoisotopic (exact) mass is 266 g/mol. The van der Waals surface area contributed by atoms with Gasteiger partial charge in [0.1, 0.15) is 17.6 Å². The third kappa shape index (κ3) is 4.24. The van der Waals surface area contributed by atoms with Gasteiger partial charge in [-0.15, -0.1) is 0 Å². The highest BCUT2D eigenvalue weighted by atomic mass is 16.5. The topological polar surface area (TPSA) is 44.8 Å². The fourth-order valence-electron chi connectivity index (χ4n) is 1.78. The number of Topliss-reactive ketones (excluding diaryl/α,β-unsaturated/α-hetero) is 1. The van der Waals surface area contributed by atoms with Crippen LogP contribution in [-0.4, -0.2) is 26.6 Å². The summed E-state index contributed by atoms with van der Waals surface area (Å²) in [5.41, 5.74) is 0.775. The summed E-state index contributed by atoms with van der Waals surface area (Å²) < 4.78 is 16.1. The number of rotatable bonds is 8. The number of methoxy groups -OCH3 is 2. The van der Waals surface area contributed by atoms with E-state index in [9.17, 15) is 4.79 Å². The highest BCUT2D eigenvalue weighted by Crippen LogP contribution is 2.29. The predicted octanol–water partition coefficient (Wildman–Crippen LogP) is 3.15. The molecule has 1 rings (SSSR count). The van der Waals surface area contributed by atoms with E-state index in [1.54, 1.807) is 20.3 Å². The summed E-state index contributed by atoms with van der Waals surface area (Å²) in [6.45, 7) is 4.40. The normalized spacial score (nSPS) is 12.0. The molecule has 1 aromatic rings. The van der Waals surface area contributed by atoms with Crippen molar-refractivity contribution in [2.45, 2.75) is 32.8 Å². The molecule has 0 saturated carbocycles. The van der Waals surface area contributed by atoms with Crippen LogP contribution in [0.5, 0.6) is 11.5 Å². The van der Waals surface area contributed by atoms with E-state index in [4.69, 9.17) is 14.2 Å². The van der Waals surface area contributed by atoms with Gasteiger partial charge in [-0.3, -0.25) is 4.79 Å². The van der Waals surface area contributed by atoms with E-state index in [2.05, 4.69) is 0 Å². The molecule has 4 heteroatoms. The minimum Gasteiger partial charge on any atom is -0.497 e. The average Bonchev–Trinajstić information content (AvgIpc) is 2.46. The summed E-state index contributed by atoms with van der Waals surface area (Å²) in [7, 11) is 3.17. The van der Waals surface area contributed by atoms with Crippen LogP contribution >= 0.6 is 0 Å². The Morgan fingerprint density at radius 2 is 1.68 bits per heavy atom. The fraction of sp³-hybridized carbons (Fsp3) is 0.533. The molecule has 4 nitrogen and oxygen atoms in total. The summed E-state index contributed by atoms with van der Waals surface area (Å²) in [4.78, 5) is 12.0. The molecule has 0 fully saturated rings. The van der Waals surface area contributed by atoms with E-state index in [1.165, 1.54) is 0 Å². The number of hydrogen-bond donors (Lipinski definition) is 0. The Labute approximate surface area is 114 Å². The van der Waals surface area contributed by atoms with Crippen molar-refractivity contribution < 1.29 is 19.0 Å². The van der Waals surface area contributed by atoms with E-state index in [-0.39, 0.29) is 5.78 Å². The van der Waals surface area contributed by atoms with Crippen molar-refractivity contribution >= 4 is 5.78 Å². The van der Waals surface area contributed by atoms with Crippen molar-refractivity contribution in [3.05, 3.63) is 23.8 Å². The van der Waals surface area contributed by atoms with Crippen LogP contribution in [0.15, 0.2) is 18.2 Å². The second kappa shape index (κ2) is 7.79. The molecule has 1 unspecified atom stereocenters. The van der Waals surface area contributed by atoms with E-state index in [0.717, 1.165) is 12.0 Å². The minimum atomic E-state index is -0.547. The summed E-state index contributed by atoms with van der Waals surface area (Å²) in [6.07, 6.45) is 0.761. The van der Waals surface area contributed by atoms with Crippen molar-refractivity contribution in [1.82, 2.24) is 0 Å². The molecule has 0 aliphatic heterocycles. The molecule has 0 aliphatic rings. The van der Waals surface area contributed by atoms with Crippen molar-refractivity contribution in [2.24, 2.45) is 0 Å². The minimum absolute atomic E-state index is 0.0590. The van der Waals surface area contributed by atoms with Gasteiger partial charge in [0, 0.05) is 19.1 Å². The summed E-state index contributed by atoms with van der Waals surface area (Å²) in [6, 6.07) is 5.41. The van der Waals surface area contributed by atoms with Crippen molar-refractivity contribution in [2.75, 3.05) is 20.8 Å². The van der Waals surface area contributed by atoms with E-state index in [0.29, 0.717) is 24.5 Å². The van der Waals surface area contributed by atoms with Gasteiger partial charge in [0.15, 0.2) is 5.78 Å². The molecule has 0 N–H and O–H groups in total. The number of ether oxygens (including phenoxy) is 3. The number of benzene rings is 1. The van der Waals surface area contributed by atoms with Crippen molar-refractivity contribution in [3.63, 3.8) is 0 Å². The molecule has 106 valence electrons. The molecule has 0 amide bonds. The Balaban J connectivity index is 3.09. The lowest BCUT2D eigenvalue weighted by molar-refractivity contribution is -0.130. The lowest BCUT2D eigenvalue weighted by atomic mass is 10.0. The van der Waals surface area contributed by atoms with Crippen LogP contribution < -0.4 is 9.47 Å². The third-order valence-corrected chi connectivity index (χ3v) is 2.81. The van der Waals surface area contributed by atoms with E-state index >= 15 is 0 Å².